The van der Waals surface area contributed by atoms with Gasteiger partial charge in [-0.3, -0.25) is 14.4 Å². The lowest BCUT2D eigenvalue weighted by molar-refractivity contribution is -0.140. The fourth-order valence-corrected chi connectivity index (χ4v) is 2.49. The standard InChI is InChI=1S/C15H21N3O4/c1-22-15(21)7-8-16-13(19)10-18-14(20)9-11-5-3-2-4-6-12(11)17-18/h9H,2-8,10H2,1H3,(H,16,19). The Bertz CT molecular complexity index is 609. The third-order valence-corrected chi connectivity index (χ3v) is 3.70. The van der Waals surface area contributed by atoms with Crippen LogP contribution in [-0.2, 0) is 33.7 Å². The average molecular weight is 307 g/mol. The quantitative estimate of drug-likeness (QED) is 0.619. The summed E-state index contributed by atoms with van der Waals surface area (Å²) in [5, 5.41) is 6.90. The van der Waals surface area contributed by atoms with Gasteiger partial charge in [0.05, 0.1) is 19.2 Å². The molecule has 1 aromatic rings. The Morgan fingerprint density at radius 2 is 2.09 bits per heavy atom. The molecule has 1 aliphatic carbocycles. The number of nitrogens with one attached hydrogen (secondary N) is 1. The first kappa shape index (κ1) is 16.2. The predicted molar refractivity (Wildman–Crippen MR) is 79.4 cm³/mol. The van der Waals surface area contributed by atoms with Gasteiger partial charge in [0.25, 0.3) is 5.56 Å². The van der Waals surface area contributed by atoms with Gasteiger partial charge in [0.2, 0.25) is 5.91 Å². The van der Waals surface area contributed by atoms with Crippen LogP contribution in [0.2, 0.25) is 0 Å². The van der Waals surface area contributed by atoms with Gasteiger partial charge in [-0.2, -0.15) is 5.10 Å². The number of carbonyl (C=O) groups is 2. The van der Waals surface area contributed by atoms with Crippen molar-refractivity contribution < 1.29 is 14.3 Å². The second-order valence-electron chi connectivity index (χ2n) is 5.35. The number of nitrogens with zero attached hydrogens (tertiary/aromatic N) is 2. The van der Waals surface area contributed by atoms with Crippen molar-refractivity contribution in [2.75, 3.05) is 13.7 Å². The highest BCUT2D eigenvalue weighted by Gasteiger charge is 2.13. The van der Waals surface area contributed by atoms with Gasteiger partial charge in [-0.1, -0.05) is 6.42 Å². The van der Waals surface area contributed by atoms with Gasteiger partial charge < -0.3 is 10.1 Å². The molecule has 7 nitrogen and oxygen atoms in total. The van der Waals surface area contributed by atoms with Crippen molar-refractivity contribution in [1.29, 1.82) is 0 Å². The number of esters is 1. The van der Waals surface area contributed by atoms with Crippen LogP contribution in [0, 0.1) is 0 Å². The van der Waals surface area contributed by atoms with E-state index in [0.717, 1.165) is 43.4 Å². The lowest BCUT2D eigenvalue weighted by Crippen LogP contribution is -2.35. The summed E-state index contributed by atoms with van der Waals surface area (Å²) in [6.07, 6.45) is 5.10. The summed E-state index contributed by atoms with van der Waals surface area (Å²) in [6.45, 7) is 0.0541. The van der Waals surface area contributed by atoms with E-state index in [1.807, 2.05) is 0 Å². The molecule has 0 bridgehead atoms. The third kappa shape index (κ3) is 4.41. The molecule has 2 rings (SSSR count). The van der Waals surface area contributed by atoms with E-state index in [1.165, 1.54) is 11.8 Å². The smallest absolute Gasteiger partial charge is 0.307 e. The van der Waals surface area contributed by atoms with Crippen molar-refractivity contribution in [1.82, 2.24) is 15.1 Å². The van der Waals surface area contributed by atoms with Crippen LogP contribution in [0.5, 0.6) is 0 Å². The molecular weight excluding hydrogens is 286 g/mol. The maximum atomic E-state index is 12.0. The summed E-state index contributed by atoms with van der Waals surface area (Å²) in [5.41, 5.74) is 1.66. The molecule has 0 radical (unpaired) electrons. The van der Waals surface area contributed by atoms with Crippen LogP contribution < -0.4 is 10.9 Å². The van der Waals surface area contributed by atoms with E-state index in [2.05, 4.69) is 15.2 Å². The zero-order valence-electron chi connectivity index (χ0n) is 12.8. The van der Waals surface area contributed by atoms with Crippen LogP contribution in [0.3, 0.4) is 0 Å². The largest absolute Gasteiger partial charge is 0.469 e. The lowest BCUT2D eigenvalue weighted by Gasteiger charge is -2.10. The second-order valence-corrected chi connectivity index (χ2v) is 5.35. The number of hydrogen-bond donors (Lipinski definition) is 1. The highest BCUT2D eigenvalue weighted by molar-refractivity contribution is 5.76. The number of rotatable bonds is 5. The Balaban J connectivity index is 1.97. The SMILES string of the molecule is COC(=O)CCNC(=O)Cn1nc2c(cc1=O)CCCCC2. The minimum absolute atomic E-state index is 0.106. The molecule has 1 amide bonds. The second kappa shape index (κ2) is 7.72. The molecule has 1 aliphatic rings. The third-order valence-electron chi connectivity index (χ3n) is 3.70. The summed E-state index contributed by atoms with van der Waals surface area (Å²) >= 11 is 0. The molecule has 0 aromatic carbocycles. The van der Waals surface area contributed by atoms with Crippen LogP contribution in [0.4, 0.5) is 0 Å². The molecule has 7 heteroatoms. The molecule has 0 atom stereocenters. The zero-order chi connectivity index (χ0) is 15.9. The minimum Gasteiger partial charge on any atom is -0.469 e. The number of amides is 1. The topological polar surface area (TPSA) is 90.3 Å². The molecule has 22 heavy (non-hydrogen) atoms. The van der Waals surface area contributed by atoms with Gasteiger partial charge in [-0.15, -0.1) is 0 Å². The van der Waals surface area contributed by atoms with Gasteiger partial charge in [-0.05, 0) is 31.2 Å². The summed E-state index contributed by atoms with van der Waals surface area (Å²) in [4.78, 5) is 34.8. The molecule has 0 aliphatic heterocycles. The van der Waals surface area contributed by atoms with Gasteiger partial charge in [0, 0.05) is 12.6 Å². The number of fused-ring (bicyclic) bond motifs is 1. The molecule has 120 valence electrons. The molecule has 0 unspecified atom stereocenters. The molecule has 1 aromatic heterocycles. The fourth-order valence-electron chi connectivity index (χ4n) is 2.49. The first-order valence-electron chi connectivity index (χ1n) is 7.53. The van der Waals surface area contributed by atoms with Crippen molar-refractivity contribution in [3.8, 4) is 0 Å². The minimum atomic E-state index is -0.388. The van der Waals surface area contributed by atoms with Crippen molar-refractivity contribution in [3.63, 3.8) is 0 Å². The summed E-state index contributed by atoms with van der Waals surface area (Å²) in [6, 6.07) is 1.59. The number of carbonyl (C=O) groups excluding carboxylic acids is 2. The molecule has 1 heterocycles. The van der Waals surface area contributed by atoms with Gasteiger partial charge in [-0.25, -0.2) is 4.68 Å². The van der Waals surface area contributed by atoms with Crippen molar-refractivity contribution in [2.45, 2.75) is 45.1 Å². The van der Waals surface area contributed by atoms with E-state index in [4.69, 9.17) is 0 Å². The van der Waals surface area contributed by atoms with Crippen LogP contribution >= 0.6 is 0 Å². The van der Waals surface area contributed by atoms with Crippen molar-refractivity contribution in [3.05, 3.63) is 27.7 Å². The van der Waals surface area contributed by atoms with Gasteiger partial charge >= 0.3 is 5.97 Å². The predicted octanol–water partition coefficient (Wildman–Crippen LogP) is 0.192. The molecule has 0 fully saturated rings. The van der Waals surface area contributed by atoms with E-state index in [-0.39, 0.29) is 36.9 Å². The number of aryl methyl sites for hydroxylation is 2. The lowest BCUT2D eigenvalue weighted by atomic mass is 10.1. The van der Waals surface area contributed by atoms with Crippen LogP contribution in [-0.4, -0.2) is 35.3 Å². The van der Waals surface area contributed by atoms with E-state index in [9.17, 15) is 14.4 Å². The molecule has 1 N–H and O–H groups in total. The summed E-state index contributed by atoms with van der Waals surface area (Å²) in [5.74, 6) is -0.729. The van der Waals surface area contributed by atoms with Crippen molar-refractivity contribution >= 4 is 11.9 Å². The Hall–Kier alpha value is -2.18. The summed E-state index contributed by atoms with van der Waals surface area (Å²) in [7, 11) is 1.29. The van der Waals surface area contributed by atoms with Crippen LogP contribution in [0.15, 0.2) is 10.9 Å². The first-order valence-corrected chi connectivity index (χ1v) is 7.53. The highest BCUT2D eigenvalue weighted by Crippen LogP contribution is 2.16. The number of aromatic nitrogens is 2. The van der Waals surface area contributed by atoms with E-state index in [1.54, 1.807) is 6.07 Å². The number of hydrogen-bond acceptors (Lipinski definition) is 5. The maximum absolute atomic E-state index is 12.0. The Morgan fingerprint density at radius 1 is 1.32 bits per heavy atom. The monoisotopic (exact) mass is 307 g/mol. The van der Waals surface area contributed by atoms with E-state index >= 15 is 0 Å². The molecule has 0 saturated carbocycles. The number of ether oxygens (including phenoxy) is 1. The Morgan fingerprint density at radius 3 is 2.86 bits per heavy atom. The summed E-state index contributed by atoms with van der Waals surface area (Å²) < 4.78 is 5.68. The van der Waals surface area contributed by atoms with Crippen molar-refractivity contribution in [2.24, 2.45) is 0 Å². The zero-order valence-corrected chi connectivity index (χ0v) is 12.8. The molecular formula is C15H21N3O4. The average Bonchev–Trinajstić information content (AvgIpc) is 2.72. The van der Waals surface area contributed by atoms with Gasteiger partial charge in [0.1, 0.15) is 6.54 Å². The van der Waals surface area contributed by atoms with E-state index in [0.29, 0.717) is 0 Å². The molecule has 0 spiro atoms. The Kier molecular flexibility index (Phi) is 5.68. The highest BCUT2D eigenvalue weighted by atomic mass is 16.5. The van der Waals surface area contributed by atoms with Crippen LogP contribution in [0.1, 0.15) is 36.9 Å². The maximum Gasteiger partial charge on any atom is 0.307 e. The Labute approximate surface area is 128 Å². The fraction of sp³-hybridized carbons (Fsp3) is 0.600. The molecule has 0 saturated heterocycles. The van der Waals surface area contributed by atoms with Gasteiger partial charge in [0.15, 0.2) is 0 Å². The first-order chi connectivity index (χ1) is 10.6. The van der Waals surface area contributed by atoms with E-state index < -0.39 is 0 Å². The normalized spacial score (nSPS) is 13.9. The van der Waals surface area contributed by atoms with Crippen LogP contribution in [0.25, 0.3) is 0 Å². The number of methoxy groups -OCH3 is 1.